The summed E-state index contributed by atoms with van der Waals surface area (Å²) >= 11 is 0. The molecule has 1 saturated carbocycles. The molecule has 0 bridgehead atoms. The summed E-state index contributed by atoms with van der Waals surface area (Å²) in [6.45, 7) is 6.41. The van der Waals surface area contributed by atoms with Crippen molar-refractivity contribution in [3.63, 3.8) is 0 Å². The molecular weight excluding hydrogens is 418 g/mol. The Balaban J connectivity index is 0.000000913. The van der Waals surface area contributed by atoms with E-state index in [-0.39, 0.29) is 40.9 Å². The highest BCUT2D eigenvalue weighted by atomic mass is 16.5. The summed E-state index contributed by atoms with van der Waals surface area (Å²) in [4.78, 5) is 46.9. The van der Waals surface area contributed by atoms with E-state index in [1.54, 1.807) is 6.92 Å². The first-order chi connectivity index (χ1) is 15.2. The molecule has 1 atom stereocenters. The minimum atomic E-state index is -0.357. The fourth-order valence-corrected chi connectivity index (χ4v) is 4.27. The van der Waals surface area contributed by atoms with Crippen LogP contribution in [0.5, 0.6) is 0 Å². The zero-order valence-corrected chi connectivity index (χ0v) is 18.3. The van der Waals surface area contributed by atoms with Gasteiger partial charge in [-0.05, 0) is 45.4 Å². The van der Waals surface area contributed by atoms with Crippen molar-refractivity contribution in [2.45, 2.75) is 52.5 Å². The number of rotatable bonds is 4. The van der Waals surface area contributed by atoms with Gasteiger partial charge in [-0.1, -0.05) is 5.16 Å². The zero-order valence-electron chi connectivity index (χ0n) is 18.3. The van der Waals surface area contributed by atoms with Crippen LogP contribution in [0.4, 0.5) is 0 Å². The smallest absolute Gasteiger partial charge is 0.290 e. The Bertz CT molecular complexity index is 1040. The number of aryl methyl sites for hydroxylation is 3. The maximum absolute atomic E-state index is 12.7. The first-order valence-corrected chi connectivity index (χ1v) is 10.4. The van der Waals surface area contributed by atoms with Crippen molar-refractivity contribution in [2.24, 2.45) is 5.41 Å². The highest BCUT2D eigenvalue weighted by Crippen LogP contribution is 2.54. The van der Waals surface area contributed by atoms with Crippen molar-refractivity contribution in [1.29, 1.82) is 0 Å². The molecule has 2 aromatic heterocycles. The maximum atomic E-state index is 12.7. The molecule has 172 valence electrons. The third-order valence-electron chi connectivity index (χ3n) is 6.23. The second-order valence-electron chi connectivity index (χ2n) is 8.33. The number of hydrogen-bond donors (Lipinski definition) is 2. The molecule has 2 amide bonds. The molecule has 32 heavy (non-hydrogen) atoms. The Morgan fingerprint density at radius 3 is 2.50 bits per heavy atom. The van der Waals surface area contributed by atoms with Crippen LogP contribution in [0, 0.1) is 26.2 Å². The van der Waals surface area contributed by atoms with Gasteiger partial charge in [-0.15, -0.1) is 0 Å². The molecule has 1 spiro atoms. The number of hydrogen-bond acceptors (Lipinski definition) is 7. The fourth-order valence-electron chi connectivity index (χ4n) is 4.27. The molecule has 2 N–H and O–H groups in total. The van der Waals surface area contributed by atoms with Crippen LogP contribution in [0.15, 0.2) is 25.9 Å². The van der Waals surface area contributed by atoms with Gasteiger partial charge in [0.15, 0.2) is 11.2 Å². The Morgan fingerprint density at radius 2 is 1.94 bits per heavy atom. The van der Waals surface area contributed by atoms with E-state index in [9.17, 15) is 14.4 Å². The van der Waals surface area contributed by atoms with Crippen molar-refractivity contribution >= 4 is 18.3 Å². The number of piperidine rings is 1. The van der Waals surface area contributed by atoms with E-state index in [2.05, 4.69) is 10.5 Å². The SMILES string of the molecule is Cc1cc(=O)cc(C(=O)NC2CC23CCN(C(=O)Cc2c(C)noc2C)CC3)o1.O=CO. The molecule has 1 saturated heterocycles. The van der Waals surface area contributed by atoms with Gasteiger partial charge in [-0.2, -0.15) is 0 Å². The summed E-state index contributed by atoms with van der Waals surface area (Å²) in [5.74, 6) is 0.876. The maximum Gasteiger partial charge on any atom is 0.290 e. The number of aromatic nitrogens is 1. The first-order valence-electron chi connectivity index (χ1n) is 10.4. The van der Waals surface area contributed by atoms with E-state index in [4.69, 9.17) is 18.8 Å². The van der Waals surface area contributed by atoms with Gasteiger partial charge in [0.1, 0.15) is 11.5 Å². The van der Waals surface area contributed by atoms with E-state index in [0.717, 1.165) is 30.5 Å². The Labute approximate surface area is 184 Å². The van der Waals surface area contributed by atoms with Crippen LogP contribution in [-0.2, 0) is 16.0 Å². The molecule has 3 heterocycles. The molecule has 2 aliphatic rings. The van der Waals surface area contributed by atoms with Crippen LogP contribution >= 0.6 is 0 Å². The van der Waals surface area contributed by atoms with Gasteiger partial charge >= 0.3 is 0 Å². The van der Waals surface area contributed by atoms with Crippen LogP contribution in [0.2, 0.25) is 0 Å². The van der Waals surface area contributed by atoms with Crippen molar-refractivity contribution in [1.82, 2.24) is 15.4 Å². The standard InChI is InChI=1S/C21H25N3O5.CH2O2/c1-12-8-15(25)9-17(28-12)20(27)22-18-11-21(18)4-6-24(7-5-21)19(26)10-16-13(2)23-29-14(16)3;2-1-3/h8-9,18H,4-7,10-11H2,1-3H3,(H,22,27);1H,(H,2,3). The number of carbonyl (C=O) groups excluding carboxylic acids is 2. The highest BCUT2D eigenvalue weighted by molar-refractivity contribution is 5.91. The third-order valence-corrected chi connectivity index (χ3v) is 6.23. The second-order valence-corrected chi connectivity index (χ2v) is 8.33. The summed E-state index contributed by atoms with van der Waals surface area (Å²) < 4.78 is 10.5. The lowest BCUT2D eigenvalue weighted by atomic mass is 9.92. The van der Waals surface area contributed by atoms with Gasteiger partial charge in [0, 0.05) is 36.8 Å². The quantitative estimate of drug-likeness (QED) is 0.676. The number of carboxylic acid groups (broad SMARTS) is 1. The number of nitrogens with one attached hydrogen (secondary N) is 1. The average molecular weight is 445 g/mol. The third kappa shape index (κ3) is 5.06. The van der Waals surface area contributed by atoms with E-state index in [0.29, 0.717) is 31.0 Å². The molecule has 0 radical (unpaired) electrons. The largest absolute Gasteiger partial charge is 0.483 e. The summed E-state index contributed by atoms with van der Waals surface area (Å²) in [6, 6.07) is 2.62. The lowest BCUT2D eigenvalue weighted by molar-refractivity contribution is -0.132. The summed E-state index contributed by atoms with van der Waals surface area (Å²) in [5, 5.41) is 13.8. The zero-order chi connectivity index (χ0) is 23.5. The van der Waals surface area contributed by atoms with Crippen molar-refractivity contribution in [3.8, 4) is 0 Å². The lowest BCUT2D eigenvalue weighted by Crippen LogP contribution is -2.42. The van der Waals surface area contributed by atoms with Gasteiger partial charge in [0.2, 0.25) is 5.91 Å². The van der Waals surface area contributed by atoms with E-state index in [1.807, 2.05) is 18.7 Å². The summed E-state index contributed by atoms with van der Waals surface area (Å²) in [5.41, 5.74) is 1.43. The van der Waals surface area contributed by atoms with Gasteiger partial charge in [-0.25, -0.2) is 0 Å². The molecular formula is C22H27N3O7. The first kappa shape index (κ1) is 23.2. The fraction of sp³-hybridized carbons (Fsp3) is 0.500. The molecule has 1 aliphatic heterocycles. The Kier molecular flexibility index (Phi) is 6.81. The number of amides is 2. The van der Waals surface area contributed by atoms with E-state index in [1.165, 1.54) is 12.1 Å². The topological polar surface area (TPSA) is 143 Å². The van der Waals surface area contributed by atoms with Crippen molar-refractivity contribution in [3.05, 3.63) is 50.9 Å². The summed E-state index contributed by atoms with van der Waals surface area (Å²) in [6.07, 6.45) is 2.90. The van der Waals surface area contributed by atoms with Crippen LogP contribution < -0.4 is 10.7 Å². The van der Waals surface area contributed by atoms with Gasteiger partial charge in [0.25, 0.3) is 12.4 Å². The predicted molar refractivity (Wildman–Crippen MR) is 112 cm³/mol. The molecule has 2 aromatic rings. The van der Waals surface area contributed by atoms with Crippen LogP contribution in [0.3, 0.4) is 0 Å². The monoisotopic (exact) mass is 445 g/mol. The second kappa shape index (κ2) is 9.37. The van der Waals surface area contributed by atoms with Crippen LogP contribution in [0.25, 0.3) is 0 Å². The molecule has 0 aromatic carbocycles. The highest BCUT2D eigenvalue weighted by Gasteiger charge is 2.56. The normalized spacial score (nSPS) is 18.5. The Hall–Kier alpha value is -3.43. The van der Waals surface area contributed by atoms with Gasteiger partial charge in [-0.3, -0.25) is 19.2 Å². The van der Waals surface area contributed by atoms with Crippen LogP contribution in [0.1, 0.15) is 52.6 Å². The molecule has 1 unspecified atom stereocenters. The van der Waals surface area contributed by atoms with Crippen molar-refractivity contribution in [2.75, 3.05) is 13.1 Å². The average Bonchev–Trinajstić information content (AvgIpc) is 3.29. The van der Waals surface area contributed by atoms with E-state index >= 15 is 0 Å². The van der Waals surface area contributed by atoms with Gasteiger partial charge in [0.05, 0.1) is 12.1 Å². The lowest BCUT2D eigenvalue weighted by Gasteiger charge is -2.33. The number of likely N-dealkylation sites (tertiary alicyclic amines) is 1. The molecule has 2 fully saturated rings. The number of carbonyl (C=O) groups is 3. The minimum absolute atomic E-state index is 0.0413. The molecule has 10 heteroatoms. The van der Waals surface area contributed by atoms with Crippen LogP contribution in [-0.4, -0.2) is 52.6 Å². The van der Waals surface area contributed by atoms with Crippen molar-refractivity contribution < 1.29 is 28.4 Å². The number of nitrogens with zero attached hydrogens (tertiary/aromatic N) is 2. The van der Waals surface area contributed by atoms with E-state index < -0.39 is 0 Å². The Morgan fingerprint density at radius 1 is 1.28 bits per heavy atom. The predicted octanol–water partition coefficient (Wildman–Crippen LogP) is 1.61. The molecule has 1 aliphatic carbocycles. The summed E-state index contributed by atoms with van der Waals surface area (Å²) in [7, 11) is 0. The minimum Gasteiger partial charge on any atom is -0.483 e. The molecule has 10 nitrogen and oxygen atoms in total. The molecule has 4 rings (SSSR count). The van der Waals surface area contributed by atoms with Gasteiger partial charge < -0.3 is 24.3 Å².